The van der Waals surface area contributed by atoms with E-state index in [0.29, 0.717) is 11.9 Å². The summed E-state index contributed by atoms with van der Waals surface area (Å²) in [6.45, 7) is 3.92. The van der Waals surface area contributed by atoms with Crippen molar-refractivity contribution in [2.45, 2.75) is 43.9 Å². The number of aromatic nitrogens is 2. The van der Waals surface area contributed by atoms with Crippen molar-refractivity contribution in [2.75, 3.05) is 36.9 Å². The van der Waals surface area contributed by atoms with Crippen LogP contribution >= 0.6 is 0 Å². The third-order valence-corrected chi connectivity index (χ3v) is 8.30. The van der Waals surface area contributed by atoms with Gasteiger partial charge in [-0.2, -0.15) is 4.98 Å². The maximum Gasteiger partial charge on any atom is 0.573 e. The molecule has 0 atom stereocenters. The Morgan fingerprint density at radius 3 is 2.24 bits per heavy atom. The monoisotopic (exact) mass is 551 g/mol. The molecular formula is C26H32F3N5O3S. The van der Waals surface area contributed by atoms with Gasteiger partial charge in [0.1, 0.15) is 11.6 Å². The zero-order valence-electron chi connectivity index (χ0n) is 21.3. The molecule has 0 spiro atoms. The predicted octanol–water partition coefficient (Wildman–Crippen LogP) is 5.18. The number of hydrogen-bond donors (Lipinski definition) is 2. The van der Waals surface area contributed by atoms with E-state index in [2.05, 4.69) is 31.6 Å². The van der Waals surface area contributed by atoms with Gasteiger partial charge in [-0.15, -0.1) is 13.2 Å². The van der Waals surface area contributed by atoms with E-state index >= 15 is 0 Å². The summed E-state index contributed by atoms with van der Waals surface area (Å²) in [5.41, 5.74) is 0.888. The van der Waals surface area contributed by atoms with E-state index < -0.39 is 22.1 Å². The number of anilines is 2. The summed E-state index contributed by atoms with van der Waals surface area (Å²) in [4.78, 5) is 11.4. The molecule has 0 radical (unpaired) electrons. The molecule has 0 amide bonds. The van der Waals surface area contributed by atoms with Crippen LogP contribution in [0.5, 0.6) is 5.75 Å². The van der Waals surface area contributed by atoms with Crippen LogP contribution in [-0.2, 0) is 10.0 Å². The minimum Gasteiger partial charge on any atom is -0.406 e. The number of alkyl halides is 3. The largest absolute Gasteiger partial charge is 0.573 e. The molecule has 12 heteroatoms. The van der Waals surface area contributed by atoms with Gasteiger partial charge in [0.05, 0.1) is 10.4 Å². The molecule has 1 aliphatic carbocycles. The smallest absolute Gasteiger partial charge is 0.406 e. The standard InChI is InChI=1S/C26H32F3N5O3S/c1-3-34(2)24-22-6-4-5-7-23(22)32-25(33-24)30-16-18-8-10-19(11-9-18)17-31-38(35,36)21-14-12-20(13-15-21)37-26(27,28)29/h4-7,12-15,18-19,31H,3,8-11,16-17H2,1-2H3,(H,30,32,33)/t18-,19-. The fourth-order valence-corrected chi connectivity index (χ4v) is 5.70. The minimum atomic E-state index is -4.83. The number of halogens is 3. The van der Waals surface area contributed by atoms with Gasteiger partial charge >= 0.3 is 6.36 Å². The van der Waals surface area contributed by atoms with Crippen molar-refractivity contribution in [1.82, 2.24) is 14.7 Å². The third-order valence-electron chi connectivity index (χ3n) is 6.86. The molecule has 8 nitrogen and oxygen atoms in total. The molecule has 4 rings (SSSR count). The highest BCUT2D eigenvalue weighted by Crippen LogP contribution is 2.30. The normalized spacial score (nSPS) is 18.3. The lowest BCUT2D eigenvalue weighted by atomic mass is 9.82. The van der Waals surface area contributed by atoms with Crippen LogP contribution in [0.15, 0.2) is 53.4 Å². The van der Waals surface area contributed by atoms with Crippen LogP contribution in [-0.4, -0.2) is 51.4 Å². The summed E-state index contributed by atoms with van der Waals surface area (Å²) in [6.07, 6.45) is -1.20. The lowest BCUT2D eigenvalue weighted by molar-refractivity contribution is -0.274. The Morgan fingerprint density at radius 2 is 1.61 bits per heavy atom. The molecule has 2 aromatic carbocycles. The molecule has 1 saturated carbocycles. The first-order valence-electron chi connectivity index (χ1n) is 12.6. The molecular weight excluding hydrogens is 519 g/mol. The number of sulfonamides is 1. The Morgan fingerprint density at radius 1 is 0.974 bits per heavy atom. The van der Waals surface area contributed by atoms with Crippen molar-refractivity contribution in [1.29, 1.82) is 0 Å². The molecule has 1 fully saturated rings. The Kier molecular flexibility index (Phi) is 8.61. The number of nitrogens with one attached hydrogen (secondary N) is 2. The van der Waals surface area contributed by atoms with Crippen molar-refractivity contribution in [3.8, 4) is 5.75 Å². The van der Waals surface area contributed by atoms with Crippen molar-refractivity contribution >= 4 is 32.7 Å². The summed E-state index contributed by atoms with van der Waals surface area (Å²) < 4.78 is 68.5. The van der Waals surface area contributed by atoms with Gasteiger partial charge < -0.3 is 15.0 Å². The molecule has 1 aromatic heterocycles. The highest BCUT2D eigenvalue weighted by atomic mass is 32.2. The zero-order valence-corrected chi connectivity index (χ0v) is 22.1. The maximum atomic E-state index is 12.6. The Balaban J connectivity index is 1.27. The highest BCUT2D eigenvalue weighted by Gasteiger charge is 2.31. The van der Waals surface area contributed by atoms with E-state index in [-0.39, 0.29) is 17.4 Å². The molecule has 2 N–H and O–H groups in total. The Labute approximate surface area is 220 Å². The second-order valence-electron chi connectivity index (χ2n) is 9.54. The van der Waals surface area contributed by atoms with Crippen molar-refractivity contribution < 1.29 is 26.3 Å². The van der Waals surface area contributed by atoms with Crippen LogP contribution in [0.4, 0.5) is 24.9 Å². The second kappa shape index (κ2) is 11.7. The van der Waals surface area contributed by atoms with E-state index in [1.54, 1.807) is 0 Å². The van der Waals surface area contributed by atoms with E-state index in [1.165, 1.54) is 0 Å². The molecule has 3 aromatic rings. The summed E-state index contributed by atoms with van der Waals surface area (Å²) in [5.74, 6) is 1.63. The van der Waals surface area contributed by atoms with Gasteiger partial charge in [-0.05, 0) is 80.8 Å². The molecule has 0 aliphatic heterocycles. The van der Waals surface area contributed by atoms with E-state index in [9.17, 15) is 21.6 Å². The van der Waals surface area contributed by atoms with Crippen LogP contribution in [0.1, 0.15) is 32.6 Å². The molecule has 0 saturated heterocycles. The summed E-state index contributed by atoms with van der Waals surface area (Å²) >= 11 is 0. The zero-order chi connectivity index (χ0) is 27.3. The van der Waals surface area contributed by atoms with Gasteiger partial charge in [0.2, 0.25) is 16.0 Å². The third kappa shape index (κ3) is 7.25. The van der Waals surface area contributed by atoms with Crippen LogP contribution in [0.2, 0.25) is 0 Å². The first-order valence-corrected chi connectivity index (χ1v) is 14.1. The number of benzene rings is 2. The lowest BCUT2D eigenvalue weighted by Crippen LogP contribution is -2.32. The van der Waals surface area contributed by atoms with Crippen LogP contribution < -0.4 is 19.7 Å². The van der Waals surface area contributed by atoms with Gasteiger partial charge in [-0.25, -0.2) is 18.1 Å². The number of ether oxygens (including phenoxy) is 1. The molecule has 206 valence electrons. The minimum absolute atomic E-state index is 0.103. The number of para-hydroxylation sites is 1. The average molecular weight is 552 g/mol. The fourth-order valence-electron chi connectivity index (χ4n) is 4.59. The predicted molar refractivity (Wildman–Crippen MR) is 141 cm³/mol. The van der Waals surface area contributed by atoms with Crippen LogP contribution in [0.25, 0.3) is 10.9 Å². The summed E-state index contributed by atoms with van der Waals surface area (Å²) in [6, 6.07) is 12.1. The fraction of sp³-hybridized carbons (Fsp3) is 0.462. The number of fused-ring (bicyclic) bond motifs is 1. The number of hydrogen-bond acceptors (Lipinski definition) is 7. The Bertz CT molecular complexity index is 1330. The van der Waals surface area contributed by atoms with E-state index in [4.69, 9.17) is 4.98 Å². The van der Waals surface area contributed by atoms with Crippen LogP contribution in [0, 0.1) is 11.8 Å². The molecule has 38 heavy (non-hydrogen) atoms. The maximum absolute atomic E-state index is 12.6. The van der Waals surface area contributed by atoms with Gasteiger partial charge in [0, 0.05) is 32.1 Å². The highest BCUT2D eigenvalue weighted by molar-refractivity contribution is 7.89. The van der Waals surface area contributed by atoms with Gasteiger partial charge in [0.15, 0.2) is 0 Å². The van der Waals surface area contributed by atoms with Crippen molar-refractivity contribution in [3.05, 3.63) is 48.5 Å². The number of rotatable bonds is 10. The van der Waals surface area contributed by atoms with Crippen molar-refractivity contribution in [3.63, 3.8) is 0 Å². The van der Waals surface area contributed by atoms with Crippen LogP contribution in [0.3, 0.4) is 0 Å². The first kappa shape index (κ1) is 27.9. The summed E-state index contributed by atoms with van der Waals surface area (Å²) in [7, 11) is -1.83. The second-order valence-corrected chi connectivity index (χ2v) is 11.3. The summed E-state index contributed by atoms with van der Waals surface area (Å²) in [5, 5.41) is 4.41. The lowest BCUT2D eigenvalue weighted by Gasteiger charge is -2.29. The van der Waals surface area contributed by atoms with Crippen molar-refractivity contribution in [2.24, 2.45) is 11.8 Å². The number of nitrogens with zero attached hydrogens (tertiary/aromatic N) is 3. The van der Waals surface area contributed by atoms with E-state index in [0.717, 1.165) is 79.8 Å². The topological polar surface area (TPSA) is 96.5 Å². The SMILES string of the molecule is CCN(C)c1nc(NC[C@H]2CC[C@H](CNS(=O)(=O)c3ccc(OC(F)(F)F)cc3)CC2)nc2ccccc12. The molecule has 1 aliphatic rings. The molecule has 0 unspecified atom stereocenters. The molecule has 1 heterocycles. The van der Waals surface area contributed by atoms with E-state index in [1.807, 2.05) is 31.3 Å². The average Bonchev–Trinajstić information content (AvgIpc) is 2.90. The van der Waals surface area contributed by atoms with Gasteiger partial charge in [-0.3, -0.25) is 0 Å². The quantitative estimate of drug-likeness (QED) is 0.358. The van der Waals surface area contributed by atoms with Gasteiger partial charge in [-0.1, -0.05) is 12.1 Å². The van der Waals surface area contributed by atoms with Gasteiger partial charge in [0.25, 0.3) is 0 Å². The Hall–Kier alpha value is -3.12. The first-order chi connectivity index (χ1) is 18.0. The molecule has 0 bridgehead atoms.